The molecule has 0 saturated carbocycles. The van der Waals surface area contributed by atoms with Crippen LogP contribution in [0, 0.1) is 6.92 Å². The van der Waals surface area contributed by atoms with Crippen LogP contribution in [0.15, 0.2) is 53.3 Å². The summed E-state index contributed by atoms with van der Waals surface area (Å²) in [6.07, 6.45) is 0. The molecule has 0 aliphatic carbocycles. The van der Waals surface area contributed by atoms with E-state index in [-0.39, 0.29) is 21.2 Å². The summed E-state index contributed by atoms with van der Waals surface area (Å²) in [5.41, 5.74) is 1.49. The van der Waals surface area contributed by atoms with Crippen molar-refractivity contribution in [3.8, 4) is 11.3 Å². The number of aryl methyl sites for hydroxylation is 1. The van der Waals surface area contributed by atoms with Gasteiger partial charge in [0.1, 0.15) is 4.88 Å². The molecule has 1 aliphatic rings. The Kier molecular flexibility index (Phi) is 3.87. The van der Waals surface area contributed by atoms with E-state index in [1.165, 1.54) is 4.52 Å². The van der Waals surface area contributed by atoms with Crippen molar-refractivity contribution in [2.24, 2.45) is 0 Å². The summed E-state index contributed by atoms with van der Waals surface area (Å²) in [6.45, 7) is 1.83. The van der Waals surface area contributed by atoms with Gasteiger partial charge >= 0.3 is 5.56 Å². The van der Waals surface area contributed by atoms with Crippen molar-refractivity contribution >= 4 is 45.4 Å². The molecule has 2 aromatic carbocycles. The maximum atomic E-state index is 13.1. The Labute approximate surface area is 172 Å². The summed E-state index contributed by atoms with van der Waals surface area (Å²) < 4.78 is 1.28. The second-order valence-corrected chi connectivity index (χ2v) is 7.87. The molecular weight excluding hydrogens is 412 g/mol. The van der Waals surface area contributed by atoms with Gasteiger partial charge in [0.2, 0.25) is 4.96 Å². The maximum Gasteiger partial charge on any atom is 0.300 e. The first-order chi connectivity index (χ1) is 14.0. The van der Waals surface area contributed by atoms with Gasteiger partial charge < -0.3 is 0 Å². The standard InChI is InChI=1S/C20H11ClN4O3S/c1-10-7-8-12(9-13(10)21)24-18(27)15-16(19(24)28)29-20-22-17(26)14(23-25(15)20)11-5-3-2-4-6-11/h2-9H,1H3. The molecule has 3 heterocycles. The Morgan fingerprint density at radius 1 is 1.00 bits per heavy atom. The smallest absolute Gasteiger partial charge is 0.267 e. The Hall–Kier alpha value is -3.36. The molecule has 7 nitrogen and oxygen atoms in total. The zero-order chi connectivity index (χ0) is 20.3. The zero-order valence-corrected chi connectivity index (χ0v) is 16.5. The van der Waals surface area contributed by atoms with Gasteiger partial charge in [-0.25, -0.2) is 4.90 Å². The minimum absolute atomic E-state index is 0.0939. The van der Waals surface area contributed by atoms with Gasteiger partial charge in [-0.1, -0.05) is 59.3 Å². The molecule has 5 rings (SSSR count). The highest BCUT2D eigenvalue weighted by molar-refractivity contribution is 7.19. The summed E-state index contributed by atoms with van der Waals surface area (Å²) in [6, 6.07) is 13.8. The van der Waals surface area contributed by atoms with Crippen molar-refractivity contribution in [2.45, 2.75) is 6.92 Å². The van der Waals surface area contributed by atoms with Gasteiger partial charge in [-0.2, -0.15) is 14.6 Å². The number of aromatic nitrogens is 3. The average Bonchev–Trinajstić information content (AvgIpc) is 3.19. The fraction of sp³-hybridized carbons (Fsp3) is 0.0500. The van der Waals surface area contributed by atoms with Crippen molar-refractivity contribution in [3.63, 3.8) is 0 Å². The first-order valence-corrected chi connectivity index (χ1v) is 9.79. The van der Waals surface area contributed by atoms with Crippen LogP contribution in [0.4, 0.5) is 5.69 Å². The van der Waals surface area contributed by atoms with Crippen LogP contribution in [0.3, 0.4) is 0 Å². The van der Waals surface area contributed by atoms with Gasteiger partial charge in [0.25, 0.3) is 11.8 Å². The number of carbonyl (C=O) groups is 2. The molecule has 9 heteroatoms. The summed E-state index contributed by atoms with van der Waals surface area (Å²) in [5, 5.41) is 4.80. The normalized spacial score (nSPS) is 13.4. The largest absolute Gasteiger partial charge is 0.300 e. The lowest BCUT2D eigenvalue weighted by Gasteiger charge is -2.15. The SMILES string of the molecule is Cc1ccc(N2C(=O)c3sc4nc(=O)c(-c5ccccc5)nn4c3C2=O)cc1Cl. The highest BCUT2D eigenvalue weighted by Crippen LogP contribution is 2.34. The van der Waals surface area contributed by atoms with Crippen LogP contribution in [0.2, 0.25) is 5.02 Å². The molecule has 142 valence electrons. The number of benzene rings is 2. The van der Waals surface area contributed by atoms with Crippen molar-refractivity contribution in [2.75, 3.05) is 4.90 Å². The number of hydrogen-bond acceptors (Lipinski definition) is 6. The topological polar surface area (TPSA) is 84.6 Å². The van der Waals surface area contributed by atoms with Crippen LogP contribution in [0.5, 0.6) is 0 Å². The van der Waals surface area contributed by atoms with Gasteiger partial charge in [0.05, 0.1) is 5.69 Å². The van der Waals surface area contributed by atoms with E-state index in [9.17, 15) is 14.4 Å². The number of hydrogen-bond donors (Lipinski definition) is 0. The Morgan fingerprint density at radius 2 is 1.76 bits per heavy atom. The van der Waals surface area contributed by atoms with E-state index in [4.69, 9.17) is 11.6 Å². The predicted octanol–water partition coefficient (Wildman–Crippen LogP) is 3.58. The molecule has 0 bridgehead atoms. The molecule has 0 N–H and O–H groups in total. The number of nitrogens with zero attached hydrogens (tertiary/aromatic N) is 4. The highest BCUT2D eigenvalue weighted by Gasteiger charge is 2.42. The Bertz CT molecular complexity index is 1390. The van der Waals surface area contributed by atoms with Crippen molar-refractivity contribution in [3.05, 3.63) is 80.0 Å². The number of fused-ring (bicyclic) bond motifs is 3. The van der Waals surface area contributed by atoms with E-state index < -0.39 is 17.4 Å². The van der Waals surface area contributed by atoms with Crippen LogP contribution in [0.25, 0.3) is 16.2 Å². The number of anilines is 1. The third-order valence-corrected chi connectivity index (χ3v) is 6.09. The van der Waals surface area contributed by atoms with Crippen molar-refractivity contribution < 1.29 is 9.59 Å². The molecular formula is C20H11ClN4O3S. The van der Waals surface area contributed by atoms with E-state index in [1.807, 2.05) is 13.0 Å². The summed E-state index contributed by atoms with van der Waals surface area (Å²) in [5.74, 6) is -1.02. The molecule has 0 fully saturated rings. The molecule has 0 atom stereocenters. The monoisotopic (exact) mass is 422 g/mol. The van der Waals surface area contributed by atoms with Gasteiger partial charge in [-0.05, 0) is 24.6 Å². The van der Waals surface area contributed by atoms with Crippen LogP contribution in [-0.4, -0.2) is 26.4 Å². The third-order valence-electron chi connectivity index (χ3n) is 4.67. The van der Waals surface area contributed by atoms with Gasteiger partial charge in [-0.15, -0.1) is 0 Å². The van der Waals surface area contributed by atoms with Gasteiger partial charge in [-0.3, -0.25) is 14.4 Å². The van der Waals surface area contributed by atoms with Crippen LogP contribution in [-0.2, 0) is 0 Å². The van der Waals surface area contributed by atoms with E-state index in [0.29, 0.717) is 16.3 Å². The number of rotatable bonds is 2. The van der Waals surface area contributed by atoms with E-state index in [1.54, 1.807) is 42.5 Å². The highest BCUT2D eigenvalue weighted by atomic mass is 35.5. The second kappa shape index (κ2) is 6.33. The molecule has 0 spiro atoms. The minimum atomic E-state index is -0.534. The maximum absolute atomic E-state index is 13.1. The van der Waals surface area contributed by atoms with Crippen LogP contribution < -0.4 is 10.5 Å². The number of carbonyl (C=O) groups excluding carboxylic acids is 2. The summed E-state index contributed by atoms with van der Waals surface area (Å²) >= 11 is 7.13. The minimum Gasteiger partial charge on any atom is -0.267 e. The fourth-order valence-corrected chi connectivity index (χ4v) is 4.34. The number of amides is 2. The van der Waals surface area contributed by atoms with E-state index >= 15 is 0 Å². The predicted molar refractivity (Wildman–Crippen MR) is 110 cm³/mol. The average molecular weight is 423 g/mol. The van der Waals surface area contributed by atoms with E-state index in [2.05, 4.69) is 10.1 Å². The van der Waals surface area contributed by atoms with E-state index in [0.717, 1.165) is 21.8 Å². The number of imide groups is 1. The molecule has 4 aromatic rings. The molecule has 0 radical (unpaired) electrons. The molecule has 2 amide bonds. The second-order valence-electron chi connectivity index (χ2n) is 6.48. The molecule has 0 unspecified atom stereocenters. The van der Waals surface area contributed by atoms with Crippen molar-refractivity contribution in [1.29, 1.82) is 0 Å². The van der Waals surface area contributed by atoms with Crippen LogP contribution >= 0.6 is 22.9 Å². The quantitative estimate of drug-likeness (QED) is 0.461. The van der Waals surface area contributed by atoms with Gasteiger partial charge in [0, 0.05) is 10.6 Å². The Morgan fingerprint density at radius 3 is 2.48 bits per heavy atom. The molecule has 0 saturated heterocycles. The third kappa shape index (κ3) is 2.60. The number of halogens is 1. The van der Waals surface area contributed by atoms with Gasteiger partial charge in [0.15, 0.2) is 11.4 Å². The number of thiazole rings is 1. The fourth-order valence-electron chi connectivity index (χ4n) is 3.19. The van der Waals surface area contributed by atoms with Crippen molar-refractivity contribution in [1.82, 2.24) is 14.6 Å². The lowest BCUT2D eigenvalue weighted by molar-refractivity contribution is 0.0924. The lowest BCUT2D eigenvalue weighted by Crippen LogP contribution is -2.30. The molecule has 2 aromatic heterocycles. The first-order valence-electron chi connectivity index (χ1n) is 8.60. The zero-order valence-electron chi connectivity index (χ0n) is 14.9. The summed E-state index contributed by atoms with van der Waals surface area (Å²) in [4.78, 5) is 43.9. The lowest BCUT2D eigenvalue weighted by atomic mass is 10.2. The van der Waals surface area contributed by atoms with Crippen LogP contribution in [0.1, 0.15) is 25.7 Å². The first kappa shape index (κ1) is 17.7. The summed E-state index contributed by atoms with van der Waals surface area (Å²) in [7, 11) is 0. The molecule has 29 heavy (non-hydrogen) atoms. The Balaban J connectivity index is 1.69. The molecule has 1 aliphatic heterocycles.